The van der Waals surface area contributed by atoms with Crippen molar-refractivity contribution in [1.82, 2.24) is 0 Å². The molecule has 140 valence electrons. The van der Waals surface area contributed by atoms with Gasteiger partial charge in [0.2, 0.25) is 0 Å². The minimum Gasteiger partial charge on any atom is -0.373 e. The predicted molar refractivity (Wildman–Crippen MR) is 109 cm³/mol. The lowest BCUT2D eigenvalue weighted by molar-refractivity contribution is -0.0914. The maximum atomic E-state index is 6.31. The van der Waals surface area contributed by atoms with E-state index in [4.69, 9.17) is 14.2 Å². The molecule has 1 fully saturated rings. The molecule has 0 spiro atoms. The van der Waals surface area contributed by atoms with Gasteiger partial charge in [0, 0.05) is 13.5 Å². The molecule has 0 aromatic heterocycles. The Morgan fingerprint density at radius 1 is 1.16 bits per heavy atom. The van der Waals surface area contributed by atoms with E-state index in [1.54, 1.807) is 7.11 Å². The van der Waals surface area contributed by atoms with Crippen molar-refractivity contribution in [2.24, 2.45) is 0 Å². The molecular weight excluding hydrogens is 352 g/mol. The fourth-order valence-corrected chi connectivity index (χ4v) is 5.78. The van der Waals surface area contributed by atoms with E-state index in [1.165, 1.54) is 23.5 Å². The van der Waals surface area contributed by atoms with Crippen molar-refractivity contribution in [1.29, 1.82) is 0 Å². The molecule has 0 bridgehead atoms. The molecule has 0 aliphatic carbocycles. The van der Waals surface area contributed by atoms with E-state index in [9.17, 15) is 0 Å². The lowest BCUT2D eigenvalue weighted by Gasteiger charge is -2.28. The maximum absolute atomic E-state index is 6.31. The molecule has 1 aliphatic rings. The molecule has 1 heterocycles. The zero-order valence-electron chi connectivity index (χ0n) is 15.1. The summed E-state index contributed by atoms with van der Waals surface area (Å²) in [5.41, 5.74) is 1.22. The van der Waals surface area contributed by atoms with E-state index < -0.39 is 0 Å². The van der Waals surface area contributed by atoms with Crippen molar-refractivity contribution < 1.29 is 14.2 Å². The smallest absolute Gasteiger partial charge is 0.146 e. The van der Waals surface area contributed by atoms with Gasteiger partial charge in [0.15, 0.2) is 0 Å². The van der Waals surface area contributed by atoms with Crippen LogP contribution in [-0.4, -0.2) is 42.2 Å². The molecule has 1 aliphatic heterocycles. The van der Waals surface area contributed by atoms with E-state index >= 15 is 0 Å². The van der Waals surface area contributed by atoms with Crippen LogP contribution in [0.5, 0.6) is 0 Å². The SMILES string of the molecule is C=CC[C@@H](C[C@H](CC1SCCCS1)OCc1ccccc1)OCOC. The zero-order valence-corrected chi connectivity index (χ0v) is 16.7. The van der Waals surface area contributed by atoms with Gasteiger partial charge in [-0.05, 0) is 36.3 Å². The summed E-state index contributed by atoms with van der Waals surface area (Å²) in [6.45, 7) is 4.82. The third kappa shape index (κ3) is 8.65. The normalized spacial score (nSPS) is 18.0. The summed E-state index contributed by atoms with van der Waals surface area (Å²) in [5.74, 6) is 2.53. The van der Waals surface area contributed by atoms with Crippen molar-refractivity contribution in [2.75, 3.05) is 25.4 Å². The van der Waals surface area contributed by atoms with Gasteiger partial charge in [-0.1, -0.05) is 36.4 Å². The average Bonchev–Trinajstić information content (AvgIpc) is 2.66. The summed E-state index contributed by atoms with van der Waals surface area (Å²) < 4.78 is 17.8. The van der Waals surface area contributed by atoms with Crippen LogP contribution in [0.3, 0.4) is 0 Å². The molecule has 1 saturated heterocycles. The Morgan fingerprint density at radius 3 is 2.60 bits per heavy atom. The van der Waals surface area contributed by atoms with Gasteiger partial charge in [0.25, 0.3) is 0 Å². The van der Waals surface area contributed by atoms with Crippen molar-refractivity contribution in [2.45, 2.75) is 49.1 Å². The lowest BCUT2D eigenvalue weighted by atomic mass is 10.1. The van der Waals surface area contributed by atoms with Gasteiger partial charge >= 0.3 is 0 Å². The van der Waals surface area contributed by atoms with Gasteiger partial charge in [-0.2, -0.15) is 0 Å². The Kier molecular flexibility index (Phi) is 10.7. The van der Waals surface area contributed by atoms with Crippen LogP contribution in [0, 0.1) is 0 Å². The summed E-state index contributed by atoms with van der Waals surface area (Å²) in [7, 11) is 1.66. The zero-order chi connectivity index (χ0) is 17.7. The van der Waals surface area contributed by atoms with E-state index in [-0.39, 0.29) is 12.2 Å². The van der Waals surface area contributed by atoms with Crippen LogP contribution in [0.25, 0.3) is 0 Å². The highest BCUT2D eigenvalue weighted by Gasteiger charge is 2.23. The number of ether oxygens (including phenoxy) is 3. The Labute approximate surface area is 160 Å². The molecule has 2 rings (SSSR count). The van der Waals surface area contributed by atoms with Crippen LogP contribution >= 0.6 is 23.5 Å². The molecule has 0 unspecified atom stereocenters. The largest absolute Gasteiger partial charge is 0.373 e. The van der Waals surface area contributed by atoms with Gasteiger partial charge in [-0.25, -0.2) is 0 Å². The van der Waals surface area contributed by atoms with Crippen LogP contribution in [-0.2, 0) is 20.8 Å². The average molecular weight is 383 g/mol. The van der Waals surface area contributed by atoms with Gasteiger partial charge < -0.3 is 14.2 Å². The molecule has 0 saturated carbocycles. The fourth-order valence-electron chi connectivity index (χ4n) is 2.78. The fraction of sp³-hybridized carbons (Fsp3) is 0.600. The topological polar surface area (TPSA) is 27.7 Å². The molecule has 25 heavy (non-hydrogen) atoms. The number of hydrogen-bond donors (Lipinski definition) is 0. The standard InChI is InChI=1S/C20H30O3S2/c1-3-8-18(23-16-21-2)13-19(14-20-24-11-7-12-25-20)22-15-17-9-5-4-6-10-17/h3-6,9-10,18-20H,1,7-8,11-16H2,2H3/t18-,19+/m0/s1. The molecule has 2 atom stereocenters. The summed E-state index contributed by atoms with van der Waals surface area (Å²) in [5, 5.41) is 0. The first-order valence-corrected chi connectivity index (χ1v) is 11.0. The summed E-state index contributed by atoms with van der Waals surface area (Å²) >= 11 is 4.14. The Hall–Kier alpha value is -0.460. The Bertz CT molecular complexity index is 463. The van der Waals surface area contributed by atoms with E-state index in [0.717, 1.165) is 19.3 Å². The quantitative estimate of drug-likeness (QED) is 0.370. The van der Waals surface area contributed by atoms with Crippen molar-refractivity contribution in [3.63, 3.8) is 0 Å². The van der Waals surface area contributed by atoms with Crippen LogP contribution < -0.4 is 0 Å². The second kappa shape index (κ2) is 12.8. The minimum absolute atomic E-state index is 0.0943. The van der Waals surface area contributed by atoms with Gasteiger partial charge in [-0.3, -0.25) is 0 Å². The molecule has 1 aromatic rings. The second-order valence-corrected chi connectivity index (χ2v) is 9.05. The second-order valence-electron chi connectivity index (χ2n) is 6.13. The van der Waals surface area contributed by atoms with Crippen LogP contribution in [0.4, 0.5) is 0 Å². The van der Waals surface area contributed by atoms with Gasteiger partial charge in [-0.15, -0.1) is 30.1 Å². The molecule has 5 heteroatoms. The van der Waals surface area contributed by atoms with Gasteiger partial charge in [0.05, 0.1) is 23.4 Å². The Morgan fingerprint density at radius 2 is 1.92 bits per heavy atom. The molecule has 0 N–H and O–H groups in total. The van der Waals surface area contributed by atoms with Crippen molar-refractivity contribution in [3.05, 3.63) is 48.6 Å². The maximum Gasteiger partial charge on any atom is 0.146 e. The van der Waals surface area contributed by atoms with Crippen molar-refractivity contribution >= 4 is 23.5 Å². The predicted octanol–water partition coefficient (Wildman–Crippen LogP) is 5.11. The first-order chi connectivity index (χ1) is 12.3. The third-order valence-corrected chi connectivity index (χ3v) is 7.05. The van der Waals surface area contributed by atoms with Crippen LogP contribution in [0.2, 0.25) is 0 Å². The van der Waals surface area contributed by atoms with Crippen LogP contribution in [0.1, 0.15) is 31.2 Å². The number of rotatable bonds is 12. The summed E-state index contributed by atoms with van der Waals surface area (Å²) in [6, 6.07) is 10.4. The molecule has 0 amide bonds. The lowest BCUT2D eigenvalue weighted by Crippen LogP contribution is -2.27. The molecule has 1 aromatic carbocycles. The number of thioether (sulfide) groups is 2. The molecule has 3 nitrogen and oxygen atoms in total. The number of methoxy groups -OCH3 is 1. The van der Waals surface area contributed by atoms with Gasteiger partial charge in [0.1, 0.15) is 6.79 Å². The highest BCUT2D eigenvalue weighted by molar-refractivity contribution is 8.17. The van der Waals surface area contributed by atoms with Crippen molar-refractivity contribution in [3.8, 4) is 0 Å². The number of hydrogen-bond acceptors (Lipinski definition) is 5. The highest BCUT2D eigenvalue weighted by atomic mass is 32.2. The van der Waals surface area contributed by atoms with E-state index in [1.807, 2.05) is 12.1 Å². The molecule has 0 radical (unpaired) electrons. The van der Waals surface area contributed by atoms with E-state index in [2.05, 4.69) is 54.4 Å². The molecular formula is C20H30O3S2. The Balaban J connectivity index is 1.92. The van der Waals surface area contributed by atoms with E-state index in [0.29, 0.717) is 18.0 Å². The first kappa shape index (κ1) is 20.8. The monoisotopic (exact) mass is 382 g/mol. The summed E-state index contributed by atoms with van der Waals surface area (Å²) in [6.07, 6.45) is 6.27. The minimum atomic E-state index is 0.0943. The number of benzene rings is 1. The highest BCUT2D eigenvalue weighted by Crippen LogP contribution is 2.35. The third-order valence-electron chi connectivity index (χ3n) is 4.06. The first-order valence-electron chi connectivity index (χ1n) is 8.92. The summed E-state index contributed by atoms with van der Waals surface area (Å²) in [4.78, 5) is 0. The van der Waals surface area contributed by atoms with Crippen LogP contribution in [0.15, 0.2) is 43.0 Å².